The Bertz CT molecular complexity index is 995. The van der Waals surface area contributed by atoms with E-state index in [4.69, 9.17) is 4.74 Å². The van der Waals surface area contributed by atoms with Crippen molar-refractivity contribution in [2.24, 2.45) is 0 Å². The SMILES string of the molecule is COc1cccc(Cn2cc(-c3cnc4cccnc4n3)cn2)c1. The van der Waals surface area contributed by atoms with E-state index in [1.165, 1.54) is 0 Å². The van der Waals surface area contributed by atoms with Gasteiger partial charge in [0.15, 0.2) is 5.65 Å². The zero-order valence-electron chi connectivity index (χ0n) is 13.1. The number of pyridine rings is 1. The van der Waals surface area contributed by atoms with Crippen LogP contribution in [0.5, 0.6) is 5.75 Å². The van der Waals surface area contributed by atoms with Gasteiger partial charge in [-0.2, -0.15) is 5.10 Å². The van der Waals surface area contributed by atoms with Crippen LogP contribution in [0.1, 0.15) is 5.56 Å². The molecule has 0 atom stereocenters. The molecule has 4 rings (SSSR count). The fourth-order valence-electron chi connectivity index (χ4n) is 2.53. The Morgan fingerprint density at radius 1 is 1.08 bits per heavy atom. The molecule has 4 aromatic rings. The summed E-state index contributed by atoms with van der Waals surface area (Å²) in [5, 5.41) is 4.41. The summed E-state index contributed by atoms with van der Waals surface area (Å²) in [5.74, 6) is 0.839. The Kier molecular flexibility index (Phi) is 3.63. The summed E-state index contributed by atoms with van der Waals surface area (Å²) in [6.45, 7) is 0.663. The van der Waals surface area contributed by atoms with E-state index in [0.29, 0.717) is 12.2 Å². The lowest BCUT2D eigenvalue weighted by Gasteiger charge is -2.04. The quantitative estimate of drug-likeness (QED) is 0.579. The van der Waals surface area contributed by atoms with Crippen molar-refractivity contribution in [1.29, 1.82) is 0 Å². The number of ether oxygens (including phenoxy) is 1. The Labute approximate surface area is 138 Å². The van der Waals surface area contributed by atoms with Gasteiger partial charge in [-0.3, -0.25) is 9.67 Å². The first-order valence-electron chi connectivity index (χ1n) is 7.55. The van der Waals surface area contributed by atoms with Crippen LogP contribution in [0.3, 0.4) is 0 Å². The highest BCUT2D eigenvalue weighted by Gasteiger charge is 2.07. The minimum atomic E-state index is 0.635. The molecule has 6 nitrogen and oxygen atoms in total. The molecule has 24 heavy (non-hydrogen) atoms. The molecule has 0 N–H and O–H groups in total. The predicted octanol–water partition coefficient (Wildman–Crippen LogP) is 2.95. The van der Waals surface area contributed by atoms with E-state index in [-0.39, 0.29) is 0 Å². The molecule has 0 radical (unpaired) electrons. The fraction of sp³-hybridized carbons (Fsp3) is 0.111. The van der Waals surface area contributed by atoms with Crippen molar-refractivity contribution in [2.75, 3.05) is 7.11 Å². The molecule has 0 amide bonds. The van der Waals surface area contributed by atoms with E-state index in [0.717, 1.165) is 28.1 Å². The predicted molar refractivity (Wildman–Crippen MR) is 90.7 cm³/mol. The van der Waals surface area contributed by atoms with E-state index < -0.39 is 0 Å². The van der Waals surface area contributed by atoms with Crippen molar-refractivity contribution < 1.29 is 4.74 Å². The number of methoxy groups -OCH3 is 1. The van der Waals surface area contributed by atoms with Gasteiger partial charge in [0.25, 0.3) is 0 Å². The lowest BCUT2D eigenvalue weighted by atomic mass is 10.2. The zero-order chi connectivity index (χ0) is 16.4. The van der Waals surface area contributed by atoms with Crippen LogP contribution in [0.4, 0.5) is 0 Å². The first-order chi connectivity index (χ1) is 11.8. The van der Waals surface area contributed by atoms with Gasteiger partial charge in [0.2, 0.25) is 0 Å². The summed E-state index contributed by atoms with van der Waals surface area (Å²) < 4.78 is 7.12. The van der Waals surface area contributed by atoms with Crippen LogP contribution in [0.2, 0.25) is 0 Å². The molecule has 0 bridgehead atoms. The normalized spacial score (nSPS) is 10.9. The maximum Gasteiger partial charge on any atom is 0.178 e. The Hall–Kier alpha value is -3.28. The maximum absolute atomic E-state index is 5.25. The number of rotatable bonds is 4. The summed E-state index contributed by atoms with van der Waals surface area (Å²) in [7, 11) is 1.66. The van der Waals surface area contributed by atoms with Crippen LogP contribution >= 0.6 is 0 Å². The van der Waals surface area contributed by atoms with Crippen molar-refractivity contribution in [3.05, 3.63) is 66.7 Å². The first kappa shape index (κ1) is 14.3. The van der Waals surface area contributed by atoms with Crippen LogP contribution in [0, 0.1) is 0 Å². The molecular weight excluding hydrogens is 302 g/mol. The van der Waals surface area contributed by atoms with Gasteiger partial charge < -0.3 is 4.74 Å². The number of fused-ring (bicyclic) bond motifs is 1. The zero-order valence-corrected chi connectivity index (χ0v) is 13.1. The summed E-state index contributed by atoms with van der Waals surface area (Å²) in [6, 6.07) is 11.7. The molecular formula is C18H15N5O. The highest BCUT2D eigenvalue weighted by molar-refractivity contribution is 5.72. The Balaban J connectivity index is 1.61. The Morgan fingerprint density at radius 3 is 2.96 bits per heavy atom. The van der Waals surface area contributed by atoms with Crippen molar-refractivity contribution in [2.45, 2.75) is 6.54 Å². The monoisotopic (exact) mass is 317 g/mol. The van der Waals surface area contributed by atoms with Crippen LogP contribution in [-0.4, -0.2) is 31.8 Å². The van der Waals surface area contributed by atoms with Crippen molar-refractivity contribution in [3.8, 4) is 17.0 Å². The van der Waals surface area contributed by atoms with Crippen molar-refractivity contribution in [1.82, 2.24) is 24.7 Å². The molecule has 0 aliphatic heterocycles. The second-order valence-corrected chi connectivity index (χ2v) is 5.38. The van der Waals surface area contributed by atoms with Gasteiger partial charge in [0, 0.05) is 18.0 Å². The van der Waals surface area contributed by atoms with E-state index >= 15 is 0 Å². The lowest BCUT2D eigenvalue weighted by molar-refractivity contribution is 0.414. The molecule has 6 heteroatoms. The standard InChI is InChI=1S/C18H15N5O/c1-24-15-5-2-4-13(8-15)11-23-12-14(9-21-23)17-10-20-16-6-3-7-19-18(16)22-17/h2-10,12H,11H2,1H3. The van der Waals surface area contributed by atoms with Gasteiger partial charge in [-0.05, 0) is 29.8 Å². The summed E-state index contributed by atoms with van der Waals surface area (Å²) in [4.78, 5) is 13.2. The van der Waals surface area contributed by atoms with E-state index in [2.05, 4.69) is 20.1 Å². The molecule has 118 valence electrons. The van der Waals surface area contributed by atoms with Gasteiger partial charge in [-0.25, -0.2) is 9.97 Å². The summed E-state index contributed by atoms with van der Waals surface area (Å²) in [6.07, 6.45) is 7.21. The molecule has 0 spiro atoms. The second kappa shape index (κ2) is 6.08. The first-order valence-corrected chi connectivity index (χ1v) is 7.55. The topological polar surface area (TPSA) is 65.7 Å². The average Bonchev–Trinajstić information content (AvgIpc) is 3.10. The molecule has 3 aromatic heterocycles. The molecule has 0 aliphatic rings. The number of hydrogen-bond acceptors (Lipinski definition) is 5. The van der Waals surface area contributed by atoms with E-state index in [1.807, 2.05) is 47.3 Å². The molecule has 0 fully saturated rings. The van der Waals surface area contributed by atoms with Crippen LogP contribution < -0.4 is 4.74 Å². The molecule has 0 saturated carbocycles. The third-order valence-electron chi connectivity index (χ3n) is 3.73. The van der Waals surface area contributed by atoms with Gasteiger partial charge in [-0.15, -0.1) is 0 Å². The van der Waals surface area contributed by atoms with Gasteiger partial charge in [0.1, 0.15) is 11.3 Å². The second-order valence-electron chi connectivity index (χ2n) is 5.38. The smallest absolute Gasteiger partial charge is 0.178 e. The van der Waals surface area contributed by atoms with Crippen LogP contribution in [-0.2, 0) is 6.54 Å². The number of aromatic nitrogens is 5. The molecule has 1 aromatic carbocycles. The van der Waals surface area contributed by atoms with Crippen LogP contribution in [0.25, 0.3) is 22.4 Å². The highest BCUT2D eigenvalue weighted by Crippen LogP contribution is 2.19. The highest BCUT2D eigenvalue weighted by atomic mass is 16.5. The largest absolute Gasteiger partial charge is 0.497 e. The molecule has 3 heterocycles. The lowest BCUT2D eigenvalue weighted by Crippen LogP contribution is -2.00. The minimum Gasteiger partial charge on any atom is -0.497 e. The van der Waals surface area contributed by atoms with Crippen molar-refractivity contribution >= 4 is 11.2 Å². The van der Waals surface area contributed by atoms with Crippen molar-refractivity contribution in [3.63, 3.8) is 0 Å². The molecule has 0 aliphatic carbocycles. The van der Waals surface area contributed by atoms with Gasteiger partial charge in [-0.1, -0.05) is 12.1 Å². The summed E-state index contributed by atoms with van der Waals surface area (Å²) in [5.41, 5.74) is 4.21. The number of benzene rings is 1. The van der Waals surface area contributed by atoms with E-state index in [9.17, 15) is 0 Å². The van der Waals surface area contributed by atoms with Gasteiger partial charge in [0.05, 0.1) is 31.7 Å². The van der Waals surface area contributed by atoms with Crippen LogP contribution in [0.15, 0.2) is 61.2 Å². The number of nitrogens with zero attached hydrogens (tertiary/aromatic N) is 5. The van der Waals surface area contributed by atoms with E-state index in [1.54, 1.807) is 25.7 Å². The third kappa shape index (κ3) is 2.81. The third-order valence-corrected chi connectivity index (χ3v) is 3.73. The molecule has 0 saturated heterocycles. The van der Waals surface area contributed by atoms with Gasteiger partial charge >= 0.3 is 0 Å². The summed E-state index contributed by atoms with van der Waals surface area (Å²) >= 11 is 0. The molecule has 0 unspecified atom stereocenters. The Morgan fingerprint density at radius 2 is 2.04 bits per heavy atom. The average molecular weight is 317 g/mol. The number of hydrogen-bond donors (Lipinski definition) is 0. The fourth-order valence-corrected chi connectivity index (χ4v) is 2.53. The minimum absolute atomic E-state index is 0.635. The maximum atomic E-state index is 5.25.